The number of aryl methyl sites for hydroxylation is 2. The molecule has 0 aliphatic heterocycles. The molecule has 2 aromatic rings. The van der Waals surface area contributed by atoms with Crippen molar-refractivity contribution in [3.8, 4) is 11.6 Å². The number of pyridine rings is 1. The minimum absolute atomic E-state index is 0.0601. The Morgan fingerprint density at radius 1 is 1.16 bits per heavy atom. The molecule has 0 fully saturated rings. The van der Waals surface area contributed by atoms with E-state index < -0.39 is 0 Å². The van der Waals surface area contributed by atoms with Crippen molar-refractivity contribution in [3.63, 3.8) is 0 Å². The third-order valence-corrected chi connectivity index (χ3v) is 3.69. The van der Waals surface area contributed by atoms with Crippen molar-refractivity contribution in [3.05, 3.63) is 53.2 Å². The van der Waals surface area contributed by atoms with Gasteiger partial charge in [-0.05, 0) is 38.0 Å². The number of hydrogen-bond acceptors (Lipinski definition) is 4. The minimum Gasteiger partial charge on any atom is -0.493 e. The Morgan fingerprint density at radius 3 is 2.76 bits per heavy atom. The van der Waals surface area contributed by atoms with Crippen LogP contribution >= 0.6 is 0 Å². The van der Waals surface area contributed by atoms with E-state index in [1.54, 1.807) is 6.20 Å². The molecular formula is C20H26N2O3. The van der Waals surface area contributed by atoms with Crippen molar-refractivity contribution in [2.75, 3.05) is 13.2 Å². The molecule has 0 radical (unpaired) electrons. The zero-order chi connectivity index (χ0) is 18.1. The van der Waals surface area contributed by atoms with Gasteiger partial charge in [-0.3, -0.25) is 4.79 Å². The maximum Gasteiger partial charge on any atom is 0.223 e. The van der Waals surface area contributed by atoms with Crippen LogP contribution in [0.1, 0.15) is 36.5 Å². The summed E-state index contributed by atoms with van der Waals surface area (Å²) in [5.74, 6) is 1.34. The number of ether oxygens (including phenoxy) is 2. The lowest BCUT2D eigenvalue weighted by molar-refractivity contribution is -0.121. The maximum atomic E-state index is 12.0. The van der Waals surface area contributed by atoms with Crippen LogP contribution < -0.4 is 14.8 Å². The van der Waals surface area contributed by atoms with Gasteiger partial charge in [0.05, 0.1) is 19.6 Å². The number of hydrogen-bond donors (Lipinski definition) is 1. The van der Waals surface area contributed by atoms with Crippen molar-refractivity contribution in [2.24, 2.45) is 0 Å². The number of amides is 1. The largest absolute Gasteiger partial charge is 0.493 e. The zero-order valence-electron chi connectivity index (χ0n) is 15.2. The van der Waals surface area contributed by atoms with Gasteiger partial charge in [-0.15, -0.1) is 0 Å². The summed E-state index contributed by atoms with van der Waals surface area (Å²) in [6, 6.07) is 9.75. The van der Waals surface area contributed by atoms with Crippen molar-refractivity contribution in [1.29, 1.82) is 0 Å². The minimum atomic E-state index is -0.0601. The van der Waals surface area contributed by atoms with Crippen LogP contribution in [0.2, 0.25) is 0 Å². The summed E-state index contributed by atoms with van der Waals surface area (Å²) in [6.07, 6.45) is 2.91. The molecule has 134 valence electrons. The number of benzene rings is 1. The molecule has 0 aliphatic rings. The van der Waals surface area contributed by atoms with Crippen LogP contribution in [0, 0.1) is 13.8 Å². The molecule has 0 saturated carbocycles. The topological polar surface area (TPSA) is 60.5 Å². The van der Waals surface area contributed by atoms with Crippen LogP contribution in [0.25, 0.3) is 0 Å². The lowest BCUT2D eigenvalue weighted by atomic mass is 10.1. The highest BCUT2D eigenvalue weighted by Gasteiger charge is 2.08. The number of carbonyl (C=O) groups is 1. The molecule has 0 unspecified atom stereocenters. The number of rotatable bonds is 9. The van der Waals surface area contributed by atoms with E-state index in [1.807, 2.05) is 45.0 Å². The van der Waals surface area contributed by atoms with E-state index in [9.17, 15) is 4.79 Å². The zero-order valence-corrected chi connectivity index (χ0v) is 15.2. The van der Waals surface area contributed by atoms with Crippen molar-refractivity contribution in [2.45, 2.75) is 40.2 Å². The van der Waals surface area contributed by atoms with E-state index in [-0.39, 0.29) is 5.91 Å². The van der Waals surface area contributed by atoms with Crippen LogP contribution in [0.4, 0.5) is 0 Å². The first-order valence-corrected chi connectivity index (χ1v) is 8.63. The van der Waals surface area contributed by atoms with Gasteiger partial charge in [0.15, 0.2) is 0 Å². The Hall–Kier alpha value is -2.56. The third kappa shape index (κ3) is 6.10. The van der Waals surface area contributed by atoms with Gasteiger partial charge >= 0.3 is 0 Å². The SMILES string of the molecule is CCCOc1ncccc1CNC(=O)CCOc1ccc(C)cc1C. The van der Waals surface area contributed by atoms with Crippen molar-refractivity contribution in [1.82, 2.24) is 10.3 Å². The molecule has 0 bridgehead atoms. The van der Waals surface area contributed by atoms with Crippen LogP contribution in [-0.2, 0) is 11.3 Å². The van der Waals surface area contributed by atoms with E-state index >= 15 is 0 Å². The Labute approximate surface area is 149 Å². The second-order valence-corrected chi connectivity index (χ2v) is 5.96. The predicted octanol–water partition coefficient (Wildman–Crippen LogP) is 3.57. The molecule has 1 amide bonds. The van der Waals surface area contributed by atoms with E-state index in [0.717, 1.165) is 23.3 Å². The fraction of sp³-hybridized carbons (Fsp3) is 0.400. The standard InChI is InChI=1S/C20H26N2O3/c1-4-11-25-20-17(6-5-10-21-20)14-22-19(23)9-12-24-18-8-7-15(2)13-16(18)3/h5-8,10,13H,4,9,11-12,14H2,1-3H3,(H,22,23). The van der Waals surface area contributed by atoms with Gasteiger partial charge in [0.1, 0.15) is 5.75 Å². The molecule has 0 aliphatic carbocycles. The smallest absolute Gasteiger partial charge is 0.223 e. The monoisotopic (exact) mass is 342 g/mol. The number of nitrogens with zero attached hydrogens (tertiary/aromatic N) is 1. The summed E-state index contributed by atoms with van der Waals surface area (Å²) in [7, 11) is 0. The summed E-state index contributed by atoms with van der Waals surface area (Å²) in [4.78, 5) is 16.2. The second-order valence-electron chi connectivity index (χ2n) is 5.96. The van der Waals surface area contributed by atoms with Gasteiger partial charge in [0, 0.05) is 18.3 Å². The lowest BCUT2D eigenvalue weighted by Crippen LogP contribution is -2.25. The van der Waals surface area contributed by atoms with Crippen LogP contribution in [-0.4, -0.2) is 24.1 Å². The van der Waals surface area contributed by atoms with Crippen LogP contribution in [0.15, 0.2) is 36.5 Å². The molecular weight excluding hydrogens is 316 g/mol. The Balaban J connectivity index is 1.77. The summed E-state index contributed by atoms with van der Waals surface area (Å²) >= 11 is 0. The maximum absolute atomic E-state index is 12.0. The van der Waals surface area contributed by atoms with Gasteiger partial charge in [-0.25, -0.2) is 4.98 Å². The number of carbonyl (C=O) groups excluding carboxylic acids is 1. The number of aromatic nitrogens is 1. The molecule has 0 saturated heterocycles. The fourth-order valence-corrected chi connectivity index (χ4v) is 2.38. The quantitative estimate of drug-likeness (QED) is 0.757. The Morgan fingerprint density at radius 2 is 2.00 bits per heavy atom. The van der Waals surface area contributed by atoms with Crippen molar-refractivity contribution >= 4 is 5.91 Å². The van der Waals surface area contributed by atoms with Gasteiger partial charge in [-0.2, -0.15) is 0 Å². The molecule has 2 rings (SSSR count). The average Bonchev–Trinajstić information content (AvgIpc) is 2.60. The predicted molar refractivity (Wildman–Crippen MR) is 97.9 cm³/mol. The Bertz CT molecular complexity index is 701. The van der Waals surface area contributed by atoms with Gasteiger partial charge < -0.3 is 14.8 Å². The number of nitrogens with one attached hydrogen (secondary N) is 1. The van der Waals surface area contributed by atoms with E-state index in [1.165, 1.54) is 5.56 Å². The summed E-state index contributed by atoms with van der Waals surface area (Å²) < 4.78 is 11.3. The molecule has 1 aromatic heterocycles. The van der Waals surface area contributed by atoms with Crippen molar-refractivity contribution < 1.29 is 14.3 Å². The lowest BCUT2D eigenvalue weighted by Gasteiger charge is -2.11. The van der Waals surface area contributed by atoms with E-state index in [0.29, 0.717) is 32.1 Å². The highest BCUT2D eigenvalue weighted by Crippen LogP contribution is 2.19. The normalized spacial score (nSPS) is 10.4. The van der Waals surface area contributed by atoms with Gasteiger partial charge in [0.25, 0.3) is 0 Å². The first-order chi connectivity index (χ1) is 12.1. The molecule has 5 nitrogen and oxygen atoms in total. The summed E-state index contributed by atoms with van der Waals surface area (Å²) in [6.45, 7) is 7.45. The van der Waals surface area contributed by atoms with Gasteiger partial charge in [-0.1, -0.05) is 30.7 Å². The molecule has 1 heterocycles. The molecule has 25 heavy (non-hydrogen) atoms. The summed E-state index contributed by atoms with van der Waals surface area (Å²) in [5, 5.41) is 2.89. The second kappa shape index (κ2) is 9.67. The highest BCUT2D eigenvalue weighted by molar-refractivity contribution is 5.76. The van der Waals surface area contributed by atoms with Crippen LogP contribution in [0.5, 0.6) is 11.6 Å². The molecule has 0 atom stereocenters. The van der Waals surface area contributed by atoms with Crippen LogP contribution in [0.3, 0.4) is 0 Å². The third-order valence-electron chi connectivity index (χ3n) is 3.69. The fourth-order valence-electron chi connectivity index (χ4n) is 2.38. The first kappa shape index (κ1) is 18.8. The summed E-state index contributed by atoms with van der Waals surface area (Å²) in [5.41, 5.74) is 3.15. The molecule has 1 aromatic carbocycles. The van der Waals surface area contributed by atoms with E-state index in [4.69, 9.17) is 9.47 Å². The Kier molecular flexibility index (Phi) is 7.26. The van der Waals surface area contributed by atoms with Gasteiger partial charge in [0.2, 0.25) is 11.8 Å². The first-order valence-electron chi connectivity index (χ1n) is 8.63. The average molecular weight is 342 g/mol. The highest BCUT2D eigenvalue weighted by atomic mass is 16.5. The molecule has 0 spiro atoms. The molecule has 5 heteroatoms. The van der Waals surface area contributed by atoms with E-state index in [2.05, 4.69) is 16.4 Å². The molecule has 1 N–H and O–H groups in total.